The zero-order valence-corrected chi connectivity index (χ0v) is 19.8. The van der Waals surface area contributed by atoms with E-state index in [1.807, 2.05) is 0 Å². The number of nitrogens with one attached hydrogen (secondary N) is 3. The largest absolute Gasteiger partial charge is 0.457 e. The van der Waals surface area contributed by atoms with Crippen LogP contribution < -0.4 is 20.7 Å². The van der Waals surface area contributed by atoms with Gasteiger partial charge in [-0.15, -0.1) is 0 Å². The van der Waals surface area contributed by atoms with Crippen LogP contribution in [0.15, 0.2) is 42.7 Å². The Morgan fingerprint density at radius 2 is 1.91 bits per heavy atom. The first kappa shape index (κ1) is 24.3. The first-order chi connectivity index (χ1) is 15.9. The van der Waals surface area contributed by atoms with Crippen molar-refractivity contribution in [2.45, 2.75) is 20.3 Å². The minimum Gasteiger partial charge on any atom is -0.457 e. The zero-order chi connectivity index (χ0) is 23.8. The van der Waals surface area contributed by atoms with Gasteiger partial charge in [0.1, 0.15) is 17.3 Å². The Hall–Kier alpha value is -3.30. The summed E-state index contributed by atoms with van der Waals surface area (Å²) in [5.74, 6) is 1.42. The molecule has 9 nitrogen and oxygen atoms in total. The van der Waals surface area contributed by atoms with Gasteiger partial charge in [-0.3, -0.25) is 9.88 Å². The van der Waals surface area contributed by atoms with Gasteiger partial charge in [0.2, 0.25) is 0 Å². The maximum Gasteiger partial charge on any atom is 0.325 e. The molecule has 0 unspecified atom stereocenters. The number of halogens is 1. The summed E-state index contributed by atoms with van der Waals surface area (Å²) in [5.41, 5.74) is 0.668. The van der Waals surface area contributed by atoms with Crippen molar-refractivity contribution < 1.29 is 14.3 Å². The number of rotatable bonds is 9. The van der Waals surface area contributed by atoms with E-state index in [0.29, 0.717) is 39.8 Å². The average Bonchev–Trinajstić information content (AvgIpc) is 3.15. The van der Waals surface area contributed by atoms with Crippen LogP contribution >= 0.6 is 11.6 Å². The molecule has 0 saturated heterocycles. The predicted octanol–water partition coefficient (Wildman–Crippen LogP) is 4.52. The number of carbonyl (C=O) groups is 2. The molecule has 0 aliphatic heterocycles. The Balaban J connectivity index is 1.60. The van der Waals surface area contributed by atoms with Gasteiger partial charge >= 0.3 is 12.1 Å². The van der Waals surface area contributed by atoms with E-state index in [2.05, 4.69) is 39.7 Å². The number of pyridine rings is 1. The molecule has 0 fully saturated rings. The molecule has 2 aromatic heterocycles. The van der Waals surface area contributed by atoms with Gasteiger partial charge in [-0.1, -0.05) is 25.4 Å². The minimum absolute atomic E-state index is 0.281. The summed E-state index contributed by atoms with van der Waals surface area (Å²) in [6.07, 6.45) is 3.99. The predicted molar refractivity (Wildman–Crippen MR) is 131 cm³/mol. The molecule has 10 heteroatoms. The van der Waals surface area contributed by atoms with Crippen molar-refractivity contribution in [3.63, 3.8) is 0 Å². The lowest BCUT2D eigenvalue weighted by atomic mass is 10.2. The van der Waals surface area contributed by atoms with Gasteiger partial charge in [0, 0.05) is 37.4 Å². The molecule has 176 valence electrons. The number of carbonyl (C=O) groups excluding carboxylic acids is 2. The van der Waals surface area contributed by atoms with Crippen molar-refractivity contribution >= 4 is 40.4 Å². The topological polar surface area (TPSA) is 101 Å². The minimum atomic E-state index is -0.317. The van der Waals surface area contributed by atoms with Crippen LogP contribution in [0.5, 0.6) is 11.5 Å². The van der Waals surface area contributed by atoms with Crippen LogP contribution in [-0.4, -0.2) is 59.7 Å². The summed E-state index contributed by atoms with van der Waals surface area (Å²) in [5, 5.41) is 9.26. The van der Waals surface area contributed by atoms with E-state index in [1.165, 1.54) is 4.57 Å². The molecule has 3 aromatic rings. The highest BCUT2D eigenvalue weighted by molar-refractivity contribution is 6.36. The summed E-state index contributed by atoms with van der Waals surface area (Å²) in [7, 11) is 1.56. The quantitative estimate of drug-likeness (QED) is 0.397. The number of urea groups is 1. The van der Waals surface area contributed by atoms with E-state index in [0.717, 1.165) is 26.1 Å². The molecule has 0 atom stereocenters. The van der Waals surface area contributed by atoms with Crippen molar-refractivity contribution in [1.82, 2.24) is 25.1 Å². The normalized spacial score (nSPS) is 10.9. The highest BCUT2D eigenvalue weighted by atomic mass is 35.5. The summed E-state index contributed by atoms with van der Waals surface area (Å²) in [4.78, 5) is 30.6. The molecular weight excluding hydrogens is 444 g/mol. The van der Waals surface area contributed by atoms with Gasteiger partial charge in [-0.25, -0.2) is 14.6 Å². The second-order valence-corrected chi connectivity index (χ2v) is 7.73. The molecule has 0 aliphatic carbocycles. The van der Waals surface area contributed by atoms with Gasteiger partial charge in [0.05, 0.1) is 10.5 Å². The lowest BCUT2D eigenvalue weighted by Gasteiger charge is -2.17. The molecule has 0 bridgehead atoms. The molecule has 0 spiro atoms. The van der Waals surface area contributed by atoms with Gasteiger partial charge in [0.15, 0.2) is 0 Å². The lowest BCUT2D eigenvalue weighted by molar-refractivity contribution is 0.245. The highest BCUT2D eigenvalue weighted by Gasteiger charge is 2.13. The van der Waals surface area contributed by atoms with Gasteiger partial charge in [-0.05, 0) is 50.3 Å². The summed E-state index contributed by atoms with van der Waals surface area (Å²) >= 11 is 6.30. The summed E-state index contributed by atoms with van der Waals surface area (Å²) < 4.78 is 7.36. The Labute approximate surface area is 198 Å². The molecule has 3 amide bonds. The van der Waals surface area contributed by atoms with E-state index in [4.69, 9.17) is 16.3 Å². The molecule has 2 heterocycles. The van der Waals surface area contributed by atoms with E-state index in [-0.39, 0.29) is 12.1 Å². The van der Waals surface area contributed by atoms with Gasteiger partial charge in [-0.2, -0.15) is 0 Å². The SMILES string of the molecule is CCN(CC)CCCNC(=O)Nc1cc(Oc2ccc3c(c2)c(Cl)cn3C(=O)NC)ccn1. The van der Waals surface area contributed by atoms with Crippen molar-refractivity contribution in [2.75, 3.05) is 38.5 Å². The van der Waals surface area contributed by atoms with Crippen LogP contribution in [0, 0.1) is 0 Å². The standard InChI is InChI=1S/C23H29ClN6O3/c1-4-29(5-2)12-6-10-27-22(31)28-21-14-17(9-11-26-21)33-16-7-8-20-18(13-16)19(24)15-30(20)23(32)25-3/h7-9,11,13-15H,4-6,10,12H2,1-3H3,(H,25,32)(H2,26,27,28,31). The number of nitrogens with zero attached hydrogens (tertiary/aromatic N) is 3. The van der Waals surface area contributed by atoms with Crippen molar-refractivity contribution in [3.05, 3.63) is 47.7 Å². The maximum absolute atomic E-state index is 12.2. The second-order valence-electron chi connectivity index (χ2n) is 7.32. The first-order valence-electron chi connectivity index (χ1n) is 10.9. The number of hydrogen-bond donors (Lipinski definition) is 3. The first-order valence-corrected chi connectivity index (χ1v) is 11.3. The number of fused-ring (bicyclic) bond motifs is 1. The van der Waals surface area contributed by atoms with Gasteiger partial charge in [0.25, 0.3) is 0 Å². The Morgan fingerprint density at radius 3 is 2.64 bits per heavy atom. The number of ether oxygens (including phenoxy) is 1. The van der Waals surface area contributed by atoms with Crippen LogP contribution in [0.4, 0.5) is 15.4 Å². The third kappa shape index (κ3) is 6.36. The van der Waals surface area contributed by atoms with E-state index < -0.39 is 0 Å². The number of amides is 3. The molecule has 0 aliphatic rings. The molecule has 1 aromatic carbocycles. The van der Waals surface area contributed by atoms with Crippen LogP contribution in [0.25, 0.3) is 10.9 Å². The fraction of sp³-hybridized carbons (Fsp3) is 0.348. The van der Waals surface area contributed by atoms with Crippen molar-refractivity contribution in [2.24, 2.45) is 0 Å². The molecule has 33 heavy (non-hydrogen) atoms. The molecule has 3 N–H and O–H groups in total. The fourth-order valence-corrected chi connectivity index (χ4v) is 3.65. The molecular formula is C23H29ClN6O3. The van der Waals surface area contributed by atoms with Gasteiger partial charge < -0.3 is 20.3 Å². The molecule has 0 radical (unpaired) electrons. The third-order valence-electron chi connectivity index (χ3n) is 5.20. The van der Waals surface area contributed by atoms with Crippen molar-refractivity contribution in [1.29, 1.82) is 0 Å². The number of hydrogen-bond acceptors (Lipinski definition) is 5. The van der Waals surface area contributed by atoms with Crippen molar-refractivity contribution in [3.8, 4) is 11.5 Å². The van der Waals surface area contributed by atoms with Crippen LogP contribution in [0.2, 0.25) is 5.02 Å². The monoisotopic (exact) mass is 472 g/mol. The fourth-order valence-electron chi connectivity index (χ4n) is 3.40. The smallest absolute Gasteiger partial charge is 0.325 e. The van der Waals surface area contributed by atoms with Crippen LogP contribution in [-0.2, 0) is 0 Å². The number of aromatic nitrogens is 2. The van der Waals surface area contributed by atoms with E-state index in [1.54, 1.807) is 49.8 Å². The number of anilines is 1. The molecule has 0 saturated carbocycles. The molecule has 3 rings (SSSR count). The number of benzene rings is 1. The van der Waals surface area contributed by atoms with Crippen LogP contribution in [0.3, 0.4) is 0 Å². The van der Waals surface area contributed by atoms with E-state index in [9.17, 15) is 9.59 Å². The maximum atomic E-state index is 12.2. The Kier molecular flexibility index (Phi) is 8.51. The van der Waals surface area contributed by atoms with E-state index >= 15 is 0 Å². The third-order valence-corrected chi connectivity index (χ3v) is 5.50. The Morgan fingerprint density at radius 1 is 1.15 bits per heavy atom. The second kappa shape index (κ2) is 11.5. The summed E-state index contributed by atoms with van der Waals surface area (Å²) in [6.45, 7) is 7.76. The average molecular weight is 473 g/mol. The zero-order valence-electron chi connectivity index (χ0n) is 19.0. The lowest BCUT2D eigenvalue weighted by Crippen LogP contribution is -2.32. The van der Waals surface area contributed by atoms with Crippen LogP contribution in [0.1, 0.15) is 20.3 Å². The summed E-state index contributed by atoms with van der Waals surface area (Å²) in [6, 6.07) is 7.99. The highest BCUT2D eigenvalue weighted by Crippen LogP contribution is 2.31. The Bertz CT molecular complexity index is 1110.